The summed E-state index contributed by atoms with van der Waals surface area (Å²) in [5.74, 6) is -0.380. The lowest BCUT2D eigenvalue weighted by Crippen LogP contribution is -2.13. The van der Waals surface area contributed by atoms with Crippen molar-refractivity contribution in [3.63, 3.8) is 0 Å². The second kappa shape index (κ2) is 6.13. The molecule has 3 rings (SSSR count). The van der Waals surface area contributed by atoms with Crippen LogP contribution in [-0.4, -0.2) is 10.5 Å². The number of carbonyl (C=O) groups is 1. The number of carbonyl (C=O) groups excluding carboxylic acids is 1. The third-order valence-corrected chi connectivity index (χ3v) is 4.13. The van der Waals surface area contributed by atoms with Crippen molar-refractivity contribution in [2.75, 3.05) is 5.32 Å². The molecule has 1 aliphatic rings. The van der Waals surface area contributed by atoms with Crippen molar-refractivity contribution in [1.82, 2.24) is 4.57 Å². The van der Waals surface area contributed by atoms with Crippen LogP contribution in [0.15, 0.2) is 42.0 Å². The molecule has 1 N–H and O–H groups in total. The molecule has 0 bridgehead atoms. The van der Waals surface area contributed by atoms with Crippen molar-refractivity contribution in [2.45, 2.75) is 32.7 Å². The van der Waals surface area contributed by atoms with E-state index in [0.717, 1.165) is 11.3 Å². The molecular formula is C19H19N3O. The molecule has 1 saturated carbocycles. The molecular weight excluding hydrogens is 286 g/mol. The lowest BCUT2D eigenvalue weighted by atomic mass is 10.1. The second-order valence-corrected chi connectivity index (χ2v) is 5.92. The largest absolute Gasteiger partial charge is 0.346 e. The van der Waals surface area contributed by atoms with E-state index in [2.05, 4.69) is 16.8 Å². The second-order valence-electron chi connectivity index (χ2n) is 5.92. The summed E-state index contributed by atoms with van der Waals surface area (Å²) in [7, 11) is 0. The summed E-state index contributed by atoms with van der Waals surface area (Å²) in [6, 6.07) is 13.8. The minimum Gasteiger partial charge on any atom is -0.346 e. The summed E-state index contributed by atoms with van der Waals surface area (Å²) in [5.41, 5.74) is 4.03. The van der Waals surface area contributed by atoms with Crippen LogP contribution in [0.1, 0.15) is 35.8 Å². The average molecular weight is 305 g/mol. The lowest BCUT2D eigenvalue weighted by Gasteiger charge is -2.07. The maximum Gasteiger partial charge on any atom is 0.266 e. The summed E-state index contributed by atoms with van der Waals surface area (Å²) < 4.78 is 2.30. The lowest BCUT2D eigenvalue weighted by molar-refractivity contribution is -0.112. The molecule has 0 unspecified atom stereocenters. The van der Waals surface area contributed by atoms with Gasteiger partial charge in [-0.05, 0) is 56.5 Å². The van der Waals surface area contributed by atoms with E-state index < -0.39 is 0 Å². The Morgan fingerprint density at radius 2 is 2.00 bits per heavy atom. The highest BCUT2D eigenvalue weighted by Crippen LogP contribution is 2.38. The Morgan fingerprint density at radius 3 is 2.61 bits per heavy atom. The fourth-order valence-electron chi connectivity index (χ4n) is 2.87. The van der Waals surface area contributed by atoms with Crippen LogP contribution in [0.25, 0.3) is 6.08 Å². The predicted molar refractivity (Wildman–Crippen MR) is 90.8 cm³/mol. The van der Waals surface area contributed by atoms with E-state index in [0.29, 0.717) is 11.7 Å². The Hall–Kier alpha value is -2.80. The summed E-state index contributed by atoms with van der Waals surface area (Å²) in [4.78, 5) is 12.3. The van der Waals surface area contributed by atoms with E-state index in [9.17, 15) is 10.1 Å². The van der Waals surface area contributed by atoms with Gasteiger partial charge in [0.1, 0.15) is 11.6 Å². The summed E-state index contributed by atoms with van der Waals surface area (Å²) >= 11 is 0. The number of aryl methyl sites for hydroxylation is 1. The minimum absolute atomic E-state index is 0.116. The molecule has 1 aromatic carbocycles. The SMILES string of the molecule is Cc1cc(/C=C(\C#N)C(=O)Nc2ccccc2)c(C)n1C1CC1. The van der Waals surface area contributed by atoms with Crippen LogP contribution in [-0.2, 0) is 4.79 Å². The molecule has 0 aliphatic heterocycles. The number of aromatic nitrogens is 1. The van der Waals surface area contributed by atoms with E-state index in [1.807, 2.05) is 37.3 Å². The van der Waals surface area contributed by atoms with Gasteiger partial charge in [-0.25, -0.2) is 0 Å². The molecule has 0 radical (unpaired) electrons. The first-order valence-corrected chi connectivity index (χ1v) is 7.77. The molecule has 1 aliphatic carbocycles. The molecule has 2 aromatic rings. The smallest absolute Gasteiger partial charge is 0.266 e. The quantitative estimate of drug-likeness (QED) is 0.686. The number of rotatable bonds is 4. The molecule has 1 amide bonds. The third kappa shape index (κ3) is 3.19. The van der Waals surface area contributed by atoms with Crippen molar-refractivity contribution in [3.8, 4) is 6.07 Å². The van der Waals surface area contributed by atoms with Gasteiger partial charge in [0.15, 0.2) is 0 Å². The first-order valence-electron chi connectivity index (χ1n) is 7.77. The molecule has 1 aromatic heterocycles. The van der Waals surface area contributed by atoms with Crippen molar-refractivity contribution in [1.29, 1.82) is 5.26 Å². The molecule has 23 heavy (non-hydrogen) atoms. The van der Waals surface area contributed by atoms with Gasteiger partial charge < -0.3 is 9.88 Å². The van der Waals surface area contributed by atoms with E-state index in [1.54, 1.807) is 18.2 Å². The summed E-state index contributed by atoms with van der Waals surface area (Å²) in [6.45, 7) is 4.11. The van der Waals surface area contributed by atoms with Crippen molar-refractivity contribution in [3.05, 3.63) is 58.9 Å². The average Bonchev–Trinajstić information content (AvgIpc) is 3.32. The highest BCUT2D eigenvalue weighted by atomic mass is 16.1. The maximum atomic E-state index is 12.3. The van der Waals surface area contributed by atoms with E-state index in [4.69, 9.17) is 0 Å². The number of nitriles is 1. The van der Waals surface area contributed by atoms with Crippen LogP contribution in [0.5, 0.6) is 0 Å². The maximum absolute atomic E-state index is 12.3. The Labute approximate surface area is 136 Å². The highest BCUT2D eigenvalue weighted by Gasteiger charge is 2.26. The number of nitrogens with one attached hydrogen (secondary N) is 1. The molecule has 4 heteroatoms. The van der Waals surface area contributed by atoms with Crippen molar-refractivity contribution < 1.29 is 4.79 Å². The van der Waals surface area contributed by atoms with Gasteiger partial charge in [-0.15, -0.1) is 0 Å². The van der Waals surface area contributed by atoms with Gasteiger partial charge in [-0.2, -0.15) is 5.26 Å². The third-order valence-electron chi connectivity index (χ3n) is 4.13. The van der Waals surface area contributed by atoms with Gasteiger partial charge in [0, 0.05) is 23.1 Å². The monoisotopic (exact) mass is 305 g/mol. The number of benzene rings is 1. The predicted octanol–water partition coefficient (Wildman–Crippen LogP) is 3.99. The normalized spacial score (nSPS) is 14.4. The zero-order valence-electron chi connectivity index (χ0n) is 13.3. The van der Waals surface area contributed by atoms with Crippen LogP contribution >= 0.6 is 0 Å². The summed E-state index contributed by atoms with van der Waals surface area (Å²) in [5, 5.41) is 12.1. The van der Waals surface area contributed by atoms with Gasteiger partial charge in [-0.1, -0.05) is 18.2 Å². The molecule has 0 saturated heterocycles. The van der Waals surface area contributed by atoms with Crippen LogP contribution < -0.4 is 5.32 Å². The Morgan fingerprint density at radius 1 is 1.30 bits per heavy atom. The number of hydrogen-bond acceptors (Lipinski definition) is 2. The molecule has 0 spiro atoms. The molecule has 116 valence electrons. The van der Waals surface area contributed by atoms with Crippen LogP contribution in [0.4, 0.5) is 5.69 Å². The summed E-state index contributed by atoms with van der Waals surface area (Å²) in [6.07, 6.45) is 4.09. The van der Waals surface area contributed by atoms with Crippen LogP contribution in [0, 0.1) is 25.2 Å². The zero-order chi connectivity index (χ0) is 16.4. The Balaban J connectivity index is 1.86. The first kappa shape index (κ1) is 15.1. The molecule has 1 heterocycles. The number of hydrogen-bond donors (Lipinski definition) is 1. The Bertz CT molecular complexity index is 805. The fourth-order valence-corrected chi connectivity index (χ4v) is 2.87. The number of anilines is 1. The number of para-hydroxylation sites is 1. The van der Waals surface area contributed by atoms with Gasteiger partial charge in [0.25, 0.3) is 5.91 Å². The zero-order valence-corrected chi connectivity index (χ0v) is 13.3. The first-order chi connectivity index (χ1) is 11.1. The number of amides is 1. The number of nitrogens with zero attached hydrogens (tertiary/aromatic N) is 2. The van der Waals surface area contributed by atoms with Gasteiger partial charge in [0.05, 0.1) is 0 Å². The van der Waals surface area contributed by atoms with E-state index >= 15 is 0 Å². The molecule has 0 atom stereocenters. The standard InChI is InChI=1S/C19H19N3O/c1-13-10-15(14(2)22(13)18-8-9-18)11-16(12-20)19(23)21-17-6-4-3-5-7-17/h3-7,10-11,18H,8-9H2,1-2H3,(H,21,23)/b16-11+. The Kier molecular flexibility index (Phi) is 4.03. The highest BCUT2D eigenvalue weighted by molar-refractivity contribution is 6.09. The van der Waals surface area contributed by atoms with E-state index in [1.165, 1.54) is 18.5 Å². The minimum atomic E-state index is -0.380. The van der Waals surface area contributed by atoms with Gasteiger partial charge >= 0.3 is 0 Å². The molecule has 4 nitrogen and oxygen atoms in total. The fraction of sp³-hybridized carbons (Fsp3) is 0.263. The van der Waals surface area contributed by atoms with Crippen molar-refractivity contribution >= 4 is 17.7 Å². The van der Waals surface area contributed by atoms with Gasteiger partial charge in [-0.3, -0.25) is 4.79 Å². The molecule has 1 fully saturated rings. The van der Waals surface area contributed by atoms with Crippen LogP contribution in [0.3, 0.4) is 0 Å². The van der Waals surface area contributed by atoms with Gasteiger partial charge in [0.2, 0.25) is 0 Å². The van der Waals surface area contributed by atoms with Crippen LogP contribution in [0.2, 0.25) is 0 Å². The van der Waals surface area contributed by atoms with E-state index in [-0.39, 0.29) is 11.5 Å². The van der Waals surface area contributed by atoms with Crippen molar-refractivity contribution in [2.24, 2.45) is 0 Å². The topological polar surface area (TPSA) is 57.8 Å².